The topological polar surface area (TPSA) is 92.8 Å². The number of fused-ring (bicyclic) bond motifs is 1. The molecular weight excluding hydrogens is 491 g/mol. The number of nitrogens with one attached hydrogen (secondary N) is 1. The van der Waals surface area contributed by atoms with Crippen LogP contribution < -0.4 is 10.2 Å². The van der Waals surface area contributed by atoms with E-state index in [9.17, 15) is 19.2 Å². The van der Waals surface area contributed by atoms with E-state index in [2.05, 4.69) is 5.32 Å². The SMILES string of the molecule is O=C(COC(=O)c1cccc(N2C(=O)[C@@H]3C[C@@H](Cl)[C@@H](Cl)C[C@H]3C2=O)c1)Nc1cccc(Cl)c1. The van der Waals surface area contributed by atoms with Crippen molar-refractivity contribution in [3.8, 4) is 0 Å². The van der Waals surface area contributed by atoms with E-state index < -0.39 is 30.3 Å². The van der Waals surface area contributed by atoms with Crippen molar-refractivity contribution in [3.05, 3.63) is 59.1 Å². The third-order valence-corrected chi connectivity index (χ3v) is 7.02. The molecule has 1 heterocycles. The third kappa shape index (κ3) is 5.00. The molecule has 1 aliphatic heterocycles. The zero-order chi connectivity index (χ0) is 23.7. The highest BCUT2D eigenvalue weighted by atomic mass is 35.5. The lowest BCUT2D eigenvalue weighted by molar-refractivity contribution is -0.122. The van der Waals surface area contributed by atoms with E-state index in [0.29, 0.717) is 23.6 Å². The highest BCUT2D eigenvalue weighted by Gasteiger charge is 2.52. The fourth-order valence-electron chi connectivity index (χ4n) is 4.10. The minimum atomic E-state index is -0.767. The summed E-state index contributed by atoms with van der Waals surface area (Å²) in [5, 5.41) is 2.26. The number of nitrogens with zero attached hydrogens (tertiary/aromatic N) is 1. The summed E-state index contributed by atoms with van der Waals surface area (Å²) < 4.78 is 5.08. The van der Waals surface area contributed by atoms with Crippen LogP contribution in [0.3, 0.4) is 0 Å². The van der Waals surface area contributed by atoms with Crippen molar-refractivity contribution in [1.82, 2.24) is 0 Å². The van der Waals surface area contributed by atoms with Crippen LogP contribution >= 0.6 is 34.8 Å². The van der Waals surface area contributed by atoms with Crippen LogP contribution in [-0.2, 0) is 19.1 Å². The smallest absolute Gasteiger partial charge is 0.338 e. The molecule has 0 bridgehead atoms. The number of hydrogen-bond donors (Lipinski definition) is 1. The molecule has 2 aromatic rings. The maximum atomic E-state index is 12.9. The Balaban J connectivity index is 1.42. The number of anilines is 2. The molecule has 0 aromatic heterocycles. The van der Waals surface area contributed by atoms with Crippen LogP contribution in [0.5, 0.6) is 0 Å². The quantitative estimate of drug-likeness (QED) is 0.370. The second-order valence-corrected chi connectivity index (χ2v) is 9.47. The molecule has 1 N–H and O–H groups in total. The highest BCUT2D eigenvalue weighted by molar-refractivity contribution is 6.31. The Hall–Kier alpha value is -2.61. The molecule has 0 spiro atoms. The van der Waals surface area contributed by atoms with Gasteiger partial charge in [0.1, 0.15) is 0 Å². The van der Waals surface area contributed by atoms with Gasteiger partial charge in [0.05, 0.1) is 33.8 Å². The number of rotatable bonds is 5. The Labute approximate surface area is 204 Å². The fraction of sp³-hybridized carbons (Fsp3) is 0.304. The molecule has 4 rings (SSSR count). The lowest BCUT2D eigenvalue weighted by atomic mass is 9.80. The molecule has 33 heavy (non-hydrogen) atoms. The van der Waals surface area contributed by atoms with Crippen molar-refractivity contribution in [2.24, 2.45) is 11.8 Å². The standard InChI is InChI=1S/C23H19Cl3N2O5/c24-13-4-2-5-14(8-13)27-20(29)11-33-23(32)12-3-1-6-15(7-12)28-21(30)16-9-18(25)19(26)10-17(16)22(28)31/h1-8,16-19H,9-11H2,(H,27,29)/t16-,17-,18-,19+/m1/s1. The summed E-state index contributed by atoms with van der Waals surface area (Å²) in [6.07, 6.45) is 0.649. The number of alkyl halides is 2. The minimum Gasteiger partial charge on any atom is -0.452 e. The zero-order valence-corrected chi connectivity index (χ0v) is 19.4. The maximum absolute atomic E-state index is 12.9. The second kappa shape index (κ2) is 9.71. The third-order valence-electron chi connectivity index (χ3n) is 5.69. The van der Waals surface area contributed by atoms with Crippen LogP contribution in [0.1, 0.15) is 23.2 Å². The first-order valence-electron chi connectivity index (χ1n) is 10.2. The number of halogens is 3. The number of amides is 3. The van der Waals surface area contributed by atoms with Crippen molar-refractivity contribution in [2.75, 3.05) is 16.8 Å². The summed E-state index contributed by atoms with van der Waals surface area (Å²) in [5.41, 5.74) is 0.829. The summed E-state index contributed by atoms with van der Waals surface area (Å²) in [4.78, 5) is 51.5. The van der Waals surface area contributed by atoms with Gasteiger partial charge in [-0.1, -0.05) is 23.7 Å². The predicted molar refractivity (Wildman–Crippen MR) is 125 cm³/mol. The van der Waals surface area contributed by atoms with Crippen molar-refractivity contribution < 1.29 is 23.9 Å². The molecule has 3 amide bonds. The van der Waals surface area contributed by atoms with Gasteiger partial charge in [-0.2, -0.15) is 0 Å². The van der Waals surface area contributed by atoms with E-state index in [1.807, 2.05) is 0 Å². The summed E-state index contributed by atoms with van der Waals surface area (Å²) in [5.74, 6) is -3.07. The molecule has 7 nitrogen and oxygen atoms in total. The van der Waals surface area contributed by atoms with Crippen LogP contribution in [0.25, 0.3) is 0 Å². The van der Waals surface area contributed by atoms with Crippen molar-refractivity contribution in [3.63, 3.8) is 0 Å². The molecule has 4 atom stereocenters. The number of benzene rings is 2. The molecule has 0 unspecified atom stereocenters. The van der Waals surface area contributed by atoms with E-state index in [0.717, 1.165) is 4.90 Å². The van der Waals surface area contributed by atoms with Crippen LogP contribution in [-0.4, -0.2) is 41.1 Å². The summed E-state index contributed by atoms with van der Waals surface area (Å²) in [6, 6.07) is 12.5. The lowest BCUT2D eigenvalue weighted by Gasteiger charge is -2.28. The van der Waals surface area contributed by atoms with Gasteiger partial charge in [-0.05, 0) is 49.2 Å². The van der Waals surface area contributed by atoms with Crippen LogP contribution in [0.2, 0.25) is 5.02 Å². The molecule has 0 radical (unpaired) electrons. The Morgan fingerprint density at radius 2 is 1.61 bits per heavy atom. The number of imide groups is 1. The lowest BCUT2D eigenvalue weighted by Crippen LogP contribution is -2.34. The number of carbonyl (C=O) groups is 4. The molecule has 2 aromatic carbocycles. The van der Waals surface area contributed by atoms with E-state index in [-0.39, 0.29) is 33.8 Å². The van der Waals surface area contributed by atoms with Gasteiger partial charge >= 0.3 is 5.97 Å². The predicted octanol–water partition coefficient (Wildman–Crippen LogP) is 4.25. The minimum absolute atomic E-state index is 0.101. The second-order valence-electron chi connectivity index (χ2n) is 7.91. The number of carbonyl (C=O) groups excluding carboxylic acids is 4. The maximum Gasteiger partial charge on any atom is 0.338 e. The Kier molecular flexibility index (Phi) is 6.93. The average Bonchev–Trinajstić information content (AvgIpc) is 3.02. The first-order chi connectivity index (χ1) is 15.7. The molecule has 1 saturated carbocycles. The first-order valence-corrected chi connectivity index (χ1v) is 11.5. The van der Waals surface area contributed by atoms with Crippen LogP contribution in [0.15, 0.2) is 48.5 Å². The van der Waals surface area contributed by atoms with Crippen molar-refractivity contribution in [1.29, 1.82) is 0 Å². The first kappa shape index (κ1) is 23.5. The van der Waals surface area contributed by atoms with E-state index in [1.54, 1.807) is 30.3 Å². The molecule has 1 saturated heterocycles. The molecule has 2 fully saturated rings. The summed E-state index contributed by atoms with van der Waals surface area (Å²) >= 11 is 18.3. The van der Waals surface area contributed by atoms with E-state index in [4.69, 9.17) is 39.5 Å². The van der Waals surface area contributed by atoms with Gasteiger partial charge in [0, 0.05) is 10.7 Å². The van der Waals surface area contributed by atoms with Crippen LogP contribution in [0, 0.1) is 11.8 Å². The number of esters is 1. The van der Waals surface area contributed by atoms with Gasteiger partial charge in [-0.15, -0.1) is 23.2 Å². The largest absolute Gasteiger partial charge is 0.452 e. The fourth-order valence-corrected chi connectivity index (χ4v) is 4.88. The van der Waals surface area contributed by atoms with Gasteiger partial charge in [-0.25, -0.2) is 4.79 Å². The summed E-state index contributed by atoms with van der Waals surface area (Å²) in [7, 11) is 0. The Bertz CT molecular complexity index is 1100. The Morgan fingerprint density at radius 3 is 2.24 bits per heavy atom. The van der Waals surface area contributed by atoms with Gasteiger partial charge < -0.3 is 10.1 Å². The van der Waals surface area contributed by atoms with Crippen molar-refractivity contribution >= 4 is 69.9 Å². The highest BCUT2D eigenvalue weighted by Crippen LogP contribution is 2.43. The monoisotopic (exact) mass is 508 g/mol. The Morgan fingerprint density at radius 1 is 0.970 bits per heavy atom. The molecule has 10 heteroatoms. The van der Waals surface area contributed by atoms with Gasteiger partial charge in [-0.3, -0.25) is 19.3 Å². The van der Waals surface area contributed by atoms with Crippen molar-refractivity contribution in [2.45, 2.75) is 23.6 Å². The summed E-state index contributed by atoms with van der Waals surface area (Å²) in [6.45, 7) is -0.518. The molecule has 2 aliphatic rings. The number of hydrogen-bond acceptors (Lipinski definition) is 5. The zero-order valence-electron chi connectivity index (χ0n) is 17.2. The van der Waals surface area contributed by atoms with E-state index in [1.165, 1.54) is 18.2 Å². The average molecular weight is 510 g/mol. The van der Waals surface area contributed by atoms with Gasteiger partial charge in [0.25, 0.3) is 5.91 Å². The van der Waals surface area contributed by atoms with Crippen LogP contribution in [0.4, 0.5) is 11.4 Å². The normalized spacial score (nSPS) is 24.4. The van der Waals surface area contributed by atoms with E-state index >= 15 is 0 Å². The molecular formula is C23H19Cl3N2O5. The molecule has 1 aliphatic carbocycles. The molecule has 172 valence electrons. The van der Waals surface area contributed by atoms with Gasteiger partial charge in [0.2, 0.25) is 11.8 Å². The van der Waals surface area contributed by atoms with Gasteiger partial charge in [0.15, 0.2) is 6.61 Å². The number of ether oxygens (including phenoxy) is 1.